The third-order valence-electron chi connectivity index (χ3n) is 10.4. The summed E-state index contributed by atoms with van der Waals surface area (Å²) in [5.74, 6) is 0.214. The molecule has 2 atom stereocenters. The number of allylic oxidation sites excluding steroid dienone is 2. The van der Waals surface area contributed by atoms with Crippen LogP contribution in [0.5, 0.6) is 0 Å². The summed E-state index contributed by atoms with van der Waals surface area (Å²) in [5.41, 5.74) is 9.84. The van der Waals surface area contributed by atoms with E-state index in [1.807, 2.05) is 17.4 Å². The first-order valence-corrected chi connectivity index (χ1v) is 17.2. The molecule has 2 aromatic heterocycles. The van der Waals surface area contributed by atoms with Gasteiger partial charge in [0.05, 0.1) is 38.6 Å². The van der Waals surface area contributed by atoms with Gasteiger partial charge in [0.2, 0.25) is 0 Å². The zero-order chi connectivity index (χ0) is 32.0. The lowest BCUT2D eigenvalue weighted by molar-refractivity contribution is 0.542. The number of benzene rings is 6. The van der Waals surface area contributed by atoms with Gasteiger partial charge in [-0.15, -0.1) is 11.3 Å². The molecule has 3 heterocycles. The minimum Gasteiger partial charge on any atom is -0.330 e. The molecule has 1 aliphatic carbocycles. The Bertz CT molecular complexity index is 2720. The summed E-state index contributed by atoms with van der Waals surface area (Å²) in [6.45, 7) is 2.32. The molecular formula is C44H29N3S. The zero-order valence-electron chi connectivity index (χ0n) is 26.3. The van der Waals surface area contributed by atoms with Crippen LogP contribution in [0.4, 0.5) is 11.4 Å². The highest BCUT2D eigenvalue weighted by Crippen LogP contribution is 2.56. The Morgan fingerprint density at radius 3 is 2.33 bits per heavy atom. The van der Waals surface area contributed by atoms with Gasteiger partial charge < -0.3 is 9.47 Å². The predicted molar refractivity (Wildman–Crippen MR) is 202 cm³/mol. The normalized spacial score (nSPS) is 18.2. The Hall–Kier alpha value is -5.89. The Balaban J connectivity index is 1.28. The first kappa shape index (κ1) is 27.2. The van der Waals surface area contributed by atoms with Crippen molar-refractivity contribution in [1.82, 2.24) is 4.57 Å². The smallest absolute Gasteiger partial charge is 0.0992 e. The largest absolute Gasteiger partial charge is 0.330 e. The second-order valence-electron chi connectivity index (χ2n) is 13.0. The number of nitriles is 1. The fourth-order valence-electron chi connectivity index (χ4n) is 8.33. The van der Waals surface area contributed by atoms with Crippen LogP contribution < -0.4 is 4.90 Å². The molecule has 0 amide bonds. The highest BCUT2D eigenvalue weighted by atomic mass is 32.1. The standard InChI is InChI=1S/C44H29N3S/c1-44-25-10-9-18-37(44)36-15-6-8-20-39(36)47(44)40-26-28(27-45)21-22-31(40)33-16-11-17-34-35-24-23-32-30-14-5-7-19-38(30)46(29-12-3-2-4-13-29)41(32)43(35)48-42(33)34/h2-26,37H,1H3. The van der Waals surface area contributed by atoms with Crippen LogP contribution in [0.15, 0.2) is 152 Å². The fraction of sp³-hybridized carbons (Fsp3) is 0.0682. The minimum atomic E-state index is -0.307. The first-order chi connectivity index (χ1) is 23.7. The van der Waals surface area contributed by atoms with Gasteiger partial charge in [-0.3, -0.25) is 0 Å². The lowest BCUT2D eigenvalue weighted by atomic mass is 9.80. The second-order valence-corrected chi connectivity index (χ2v) is 14.0. The summed E-state index contributed by atoms with van der Waals surface area (Å²) in [6, 6.07) is 48.1. The molecule has 8 aromatic rings. The highest BCUT2D eigenvalue weighted by molar-refractivity contribution is 7.27. The van der Waals surface area contributed by atoms with Gasteiger partial charge in [-0.2, -0.15) is 5.26 Å². The van der Waals surface area contributed by atoms with Crippen LogP contribution in [0, 0.1) is 11.3 Å². The number of para-hydroxylation sites is 3. The Labute approximate surface area is 282 Å². The van der Waals surface area contributed by atoms with Crippen LogP contribution in [0.2, 0.25) is 0 Å². The molecule has 0 radical (unpaired) electrons. The van der Waals surface area contributed by atoms with Crippen molar-refractivity contribution in [2.24, 2.45) is 0 Å². The number of anilines is 2. The summed E-state index contributed by atoms with van der Waals surface area (Å²) >= 11 is 1.88. The molecule has 0 bridgehead atoms. The molecule has 0 fully saturated rings. The summed E-state index contributed by atoms with van der Waals surface area (Å²) in [6.07, 6.45) is 8.95. The topological polar surface area (TPSA) is 32.0 Å². The summed E-state index contributed by atoms with van der Waals surface area (Å²) in [5, 5.41) is 15.1. The van der Waals surface area contributed by atoms with Crippen LogP contribution in [-0.2, 0) is 0 Å². The van der Waals surface area contributed by atoms with Gasteiger partial charge in [-0.25, -0.2) is 0 Å². The van der Waals surface area contributed by atoms with E-state index < -0.39 is 0 Å². The molecule has 3 nitrogen and oxygen atoms in total. The minimum absolute atomic E-state index is 0.214. The molecule has 48 heavy (non-hydrogen) atoms. The van der Waals surface area contributed by atoms with E-state index in [4.69, 9.17) is 0 Å². The van der Waals surface area contributed by atoms with Crippen molar-refractivity contribution in [3.05, 3.63) is 163 Å². The van der Waals surface area contributed by atoms with Gasteiger partial charge in [-0.05, 0) is 48.9 Å². The van der Waals surface area contributed by atoms with Gasteiger partial charge in [0, 0.05) is 54.7 Å². The number of hydrogen-bond acceptors (Lipinski definition) is 3. The van der Waals surface area contributed by atoms with Crippen LogP contribution in [0.1, 0.15) is 24.0 Å². The lowest BCUT2D eigenvalue weighted by Crippen LogP contribution is -2.42. The Kier molecular flexibility index (Phi) is 5.71. The monoisotopic (exact) mass is 631 g/mol. The van der Waals surface area contributed by atoms with Crippen molar-refractivity contribution < 1.29 is 0 Å². The third-order valence-corrected chi connectivity index (χ3v) is 11.7. The second kappa shape index (κ2) is 10.1. The van der Waals surface area contributed by atoms with Crippen LogP contribution >= 0.6 is 11.3 Å². The van der Waals surface area contributed by atoms with E-state index in [-0.39, 0.29) is 11.5 Å². The predicted octanol–water partition coefficient (Wildman–Crippen LogP) is 11.8. The molecule has 0 N–H and O–H groups in total. The number of nitrogens with zero attached hydrogens (tertiary/aromatic N) is 3. The molecule has 2 unspecified atom stereocenters. The van der Waals surface area contributed by atoms with E-state index in [1.54, 1.807) is 0 Å². The molecule has 2 aliphatic rings. The van der Waals surface area contributed by atoms with Crippen LogP contribution in [-0.4, -0.2) is 10.1 Å². The molecular weight excluding hydrogens is 603 g/mol. The van der Waals surface area contributed by atoms with Gasteiger partial charge in [0.25, 0.3) is 0 Å². The maximum Gasteiger partial charge on any atom is 0.0992 e. The molecule has 0 spiro atoms. The first-order valence-electron chi connectivity index (χ1n) is 16.4. The maximum atomic E-state index is 10.1. The number of thiophene rings is 1. The summed E-state index contributed by atoms with van der Waals surface area (Å²) < 4.78 is 4.97. The third kappa shape index (κ3) is 3.62. The van der Waals surface area contributed by atoms with Crippen LogP contribution in [0.3, 0.4) is 0 Å². The quantitative estimate of drug-likeness (QED) is 0.194. The zero-order valence-corrected chi connectivity index (χ0v) is 27.1. The lowest BCUT2D eigenvalue weighted by Gasteiger charge is -2.40. The summed E-state index contributed by atoms with van der Waals surface area (Å²) in [4.78, 5) is 2.47. The maximum absolute atomic E-state index is 10.1. The highest BCUT2D eigenvalue weighted by Gasteiger charge is 2.47. The van der Waals surface area contributed by atoms with Crippen molar-refractivity contribution in [2.75, 3.05) is 4.90 Å². The van der Waals surface area contributed by atoms with Crippen LogP contribution in [0.25, 0.3) is 58.8 Å². The fourth-order valence-corrected chi connectivity index (χ4v) is 9.70. The number of aromatic nitrogens is 1. The number of rotatable bonds is 3. The van der Waals surface area contributed by atoms with E-state index in [0.717, 1.165) is 16.9 Å². The molecule has 6 aromatic carbocycles. The van der Waals surface area contributed by atoms with Gasteiger partial charge in [0.15, 0.2) is 0 Å². The van der Waals surface area contributed by atoms with Gasteiger partial charge >= 0.3 is 0 Å². The number of fused-ring (bicyclic) bond motifs is 10. The molecule has 10 rings (SSSR count). The van der Waals surface area contributed by atoms with E-state index in [2.05, 4.69) is 168 Å². The van der Waals surface area contributed by atoms with Gasteiger partial charge in [0.1, 0.15) is 0 Å². The Morgan fingerprint density at radius 1 is 0.667 bits per heavy atom. The van der Waals surface area contributed by atoms with Gasteiger partial charge in [-0.1, -0.05) is 115 Å². The average molecular weight is 632 g/mol. The van der Waals surface area contributed by atoms with E-state index >= 15 is 0 Å². The molecule has 0 saturated carbocycles. The summed E-state index contributed by atoms with van der Waals surface area (Å²) in [7, 11) is 0. The molecule has 4 heteroatoms. The molecule has 0 saturated heterocycles. The SMILES string of the molecule is CC12C=CC=CC1c1ccccc1N2c1cc(C#N)ccc1-c1cccc2c1sc1c2ccc2c3ccccc3n(-c3ccccc3)c21. The molecule has 226 valence electrons. The van der Waals surface area contributed by atoms with E-state index in [0.29, 0.717) is 5.56 Å². The van der Waals surface area contributed by atoms with Crippen molar-refractivity contribution in [2.45, 2.75) is 18.4 Å². The van der Waals surface area contributed by atoms with Crippen molar-refractivity contribution in [1.29, 1.82) is 5.26 Å². The average Bonchev–Trinajstić information content (AvgIpc) is 3.77. The van der Waals surface area contributed by atoms with Crippen molar-refractivity contribution >= 4 is 64.7 Å². The van der Waals surface area contributed by atoms with Crippen molar-refractivity contribution in [3.8, 4) is 22.9 Å². The van der Waals surface area contributed by atoms with E-state index in [9.17, 15) is 5.26 Å². The number of hydrogen-bond donors (Lipinski definition) is 0. The Morgan fingerprint density at radius 2 is 1.44 bits per heavy atom. The van der Waals surface area contributed by atoms with E-state index in [1.165, 1.54) is 58.8 Å². The molecule has 1 aliphatic heterocycles. The van der Waals surface area contributed by atoms with Crippen molar-refractivity contribution in [3.63, 3.8) is 0 Å².